The highest BCUT2D eigenvalue weighted by molar-refractivity contribution is 5.98. The topological polar surface area (TPSA) is 92.5 Å². The number of rotatable bonds is 5. The number of hydrogen-bond acceptors (Lipinski definition) is 4. The summed E-state index contributed by atoms with van der Waals surface area (Å²) in [5.41, 5.74) is -1.31. The molecule has 0 aliphatic carbocycles. The zero-order valence-electron chi connectivity index (χ0n) is 11.2. The zero-order valence-corrected chi connectivity index (χ0v) is 11.2. The first-order valence-electron chi connectivity index (χ1n) is 5.99. The summed E-state index contributed by atoms with van der Waals surface area (Å²) in [7, 11) is 0. The third-order valence-electron chi connectivity index (χ3n) is 3.20. The molecule has 1 unspecified atom stereocenters. The van der Waals surface area contributed by atoms with Crippen molar-refractivity contribution < 1.29 is 14.8 Å². The van der Waals surface area contributed by atoms with Gasteiger partial charge in [0.25, 0.3) is 11.6 Å². The molecule has 0 spiro atoms. The fourth-order valence-electron chi connectivity index (χ4n) is 1.38. The van der Waals surface area contributed by atoms with Crippen LogP contribution in [0.5, 0.6) is 0 Å². The fourth-order valence-corrected chi connectivity index (χ4v) is 1.38. The smallest absolute Gasteiger partial charge is 0.282 e. The van der Waals surface area contributed by atoms with Crippen LogP contribution in [-0.2, 0) is 0 Å². The highest BCUT2D eigenvalue weighted by atomic mass is 16.6. The van der Waals surface area contributed by atoms with E-state index in [1.54, 1.807) is 13.0 Å². The van der Waals surface area contributed by atoms with E-state index in [9.17, 15) is 20.0 Å². The molecule has 1 aromatic rings. The molecular weight excluding hydrogens is 248 g/mol. The van der Waals surface area contributed by atoms with Gasteiger partial charge >= 0.3 is 0 Å². The van der Waals surface area contributed by atoms with Crippen molar-refractivity contribution in [1.29, 1.82) is 0 Å². The third-order valence-corrected chi connectivity index (χ3v) is 3.20. The molecule has 104 valence electrons. The van der Waals surface area contributed by atoms with Crippen molar-refractivity contribution in [2.75, 3.05) is 6.54 Å². The second-order valence-electron chi connectivity index (χ2n) is 4.97. The average molecular weight is 266 g/mol. The lowest BCUT2D eigenvalue weighted by Crippen LogP contribution is -2.44. The lowest BCUT2D eigenvalue weighted by atomic mass is 9.92. The van der Waals surface area contributed by atoms with Crippen LogP contribution in [0.4, 0.5) is 5.69 Å². The van der Waals surface area contributed by atoms with Crippen LogP contribution in [0.1, 0.15) is 31.1 Å². The van der Waals surface area contributed by atoms with Crippen molar-refractivity contribution in [1.82, 2.24) is 5.32 Å². The summed E-state index contributed by atoms with van der Waals surface area (Å²) in [4.78, 5) is 22.1. The van der Waals surface area contributed by atoms with Crippen LogP contribution in [0.25, 0.3) is 0 Å². The van der Waals surface area contributed by atoms with Gasteiger partial charge in [0.05, 0.1) is 10.5 Å². The van der Waals surface area contributed by atoms with Gasteiger partial charge in [-0.05, 0) is 18.9 Å². The number of para-hydroxylation sites is 1. The van der Waals surface area contributed by atoms with Gasteiger partial charge in [0.1, 0.15) is 5.56 Å². The predicted molar refractivity (Wildman–Crippen MR) is 70.9 cm³/mol. The Morgan fingerprint density at radius 3 is 2.58 bits per heavy atom. The normalized spacial score (nSPS) is 13.9. The maximum atomic E-state index is 11.9. The van der Waals surface area contributed by atoms with Gasteiger partial charge < -0.3 is 10.4 Å². The van der Waals surface area contributed by atoms with Crippen LogP contribution < -0.4 is 5.32 Å². The Labute approximate surface area is 111 Å². The number of hydrogen-bond donors (Lipinski definition) is 2. The van der Waals surface area contributed by atoms with E-state index in [-0.39, 0.29) is 23.7 Å². The average Bonchev–Trinajstić information content (AvgIpc) is 2.35. The molecule has 0 saturated carbocycles. The molecule has 19 heavy (non-hydrogen) atoms. The van der Waals surface area contributed by atoms with Crippen LogP contribution in [0.2, 0.25) is 0 Å². The zero-order chi connectivity index (χ0) is 14.6. The molecule has 1 rings (SSSR count). The Hall–Kier alpha value is -1.95. The van der Waals surface area contributed by atoms with Gasteiger partial charge in [-0.3, -0.25) is 14.9 Å². The van der Waals surface area contributed by atoms with Gasteiger partial charge in [-0.2, -0.15) is 0 Å². The summed E-state index contributed by atoms with van der Waals surface area (Å²) in [5.74, 6) is -0.605. The number of nitro benzene ring substituents is 1. The molecule has 0 fully saturated rings. The molecule has 6 nitrogen and oxygen atoms in total. The van der Waals surface area contributed by atoms with Crippen molar-refractivity contribution in [2.45, 2.75) is 26.4 Å². The summed E-state index contributed by atoms with van der Waals surface area (Å²) in [6.07, 6.45) is 0. The van der Waals surface area contributed by atoms with Gasteiger partial charge in [-0.15, -0.1) is 0 Å². The second-order valence-corrected chi connectivity index (χ2v) is 4.97. The predicted octanol–water partition coefficient (Wildman–Crippen LogP) is 1.73. The standard InChI is InChI=1S/C13H18N2O4/c1-9(2)13(3,17)8-14-12(16)10-6-4-5-7-11(10)15(18)19/h4-7,9,17H,8H2,1-3H3,(H,14,16). The number of carbonyl (C=O) groups excluding carboxylic acids is 1. The Bertz CT molecular complexity index is 483. The number of amides is 1. The van der Waals surface area contributed by atoms with Gasteiger partial charge in [0.15, 0.2) is 0 Å². The molecule has 0 aliphatic heterocycles. The van der Waals surface area contributed by atoms with Crippen molar-refractivity contribution in [3.63, 3.8) is 0 Å². The van der Waals surface area contributed by atoms with Crippen molar-refractivity contribution >= 4 is 11.6 Å². The summed E-state index contributed by atoms with van der Waals surface area (Å²) in [6, 6.07) is 5.72. The number of nitrogens with zero attached hydrogens (tertiary/aromatic N) is 1. The third kappa shape index (κ3) is 3.75. The summed E-state index contributed by atoms with van der Waals surface area (Å²) < 4.78 is 0. The summed E-state index contributed by atoms with van der Waals surface area (Å²) >= 11 is 0. The van der Waals surface area contributed by atoms with Crippen molar-refractivity contribution in [3.05, 3.63) is 39.9 Å². The minimum absolute atomic E-state index is 0.00736. The van der Waals surface area contributed by atoms with Crippen LogP contribution in [-0.4, -0.2) is 28.1 Å². The fraction of sp³-hybridized carbons (Fsp3) is 0.462. The molecule has 1 aromatic carbocycles. The largest absolute Gasteiger partial charge is 0.388 e. The van der Waals surface area contributed by atoms with Crippen molar-refractivity contribution in [3.8, 4) is 0 Å². The van der Waals surface area contributed by atoms with E-state index in [0.29, 0.717) is 0 Å². The highest BCUT2D eigenvalue weighted by Crippen LogP contribution is 2.18. The molecule has 0 aliphatic rings. The van der Waals surface area contributed by atoms with Crippen molar-refractivity contribution in [2.24, 2.45) is 5.92 Å². The lowest BCUT2D eigenvalue weighted by Gasteiger charge is -2.27. The van der Waals surface area contributed by atoms with Crippen LogP contribution in [0, 0.1) is 16.0 Å². The maximum Gasteiger partial charge on any atom is 0.282 e. The van der Waals surface area contributed by atoms with Crippen LogP contribution in [0.3, 0.4) is 0 Å². The lowest BCUT2D eigenvalue weighted by molar-refractivity contribution is -0.385. The van der Waals surface area contributed by atoms with Gasteiger partial charge in [0, 0.05) is 12.6 Å². The summed E-state index contributed by atoms with van der Waals surface area (Å²) in [6.45, 7) is 5.31. The SMILES string of the molecule is CC(C)C(C)(O)CNC(=O)c1ccccc1[N+](=O)[O-]. The quantitative estimate of drug-likeness (QED) is 0.627. The van der Waals surface area contributed by atoms with Crippen LogP contribution in [0.15, 0.2) is 24.3 Å². The van der Waals surface area contributed by atoms with Gasteiger partial charge in [0.2, 0.25) is 0 Å². The maximum absolute atomic E-state index is 11.9. The highest BCUT2D eigenvalue weighted by Gasteiger charge is 2.27. The first-order chi connectivity index (χ1) is 8.75. The number of nitro groups is 1. The van der Waals surface area contributed by atoms with E-state index in [4.69, 9.17) is 0 Å². The van der Waals surface area contributed by atoms with E-state index in [0.717, 1.165) is 0 Å². The Balaban J connectivity index is 2.83. The number of aliphatic hydroxyl groups is 1. The van der Waals surface area contributed by atoms with E-state index < -0.39 is 16.4 Å². The molecule has 0 aromatic heterocycles. The summed E-state index contributed by atoms with van der Waals surface area (Å²) in [5, 5.41) is 23.4. The first kappa shape index (κ1) is 15.1. The molecule has 0 bridgehead atoms. The minimum Gasteiger partial charge on any atom is -0.388 e. The Kier molecular flexibility index (Phi) is 4.61. The molecule has 0 radical (unpaired) electrons. The number of nitrogens with one attached hydrogen (secondary N) is 1. The van der Waals surface area contributed by atoms with Gasteiger partial charge in [-0.1, -0.05) is 26.0 Å². The molecule has 1 atom stereocenters. The molecule has 0 saturated heterocycles. The monoisotopic (exact) mass is 266 g/mol. The molecule has 0 heterocycles. The Morgan fingerprint density at radius 2 is 2.05 bits per heavy atom. The number of carbonyl (C=O) groups is 1. The van der Waals surface area contributed by atoms with E-state index in [2.05, 4.69) is 5.32 Å². The van der Waals surface area contributed by atoms with E-state index >= 15 is 0 Å². The molecule has 6 heteroatoms. The van der Waals surface area contributed by atoms with E-state index in [1.807, 2.05) is 13.8 Å². The second kappa shape index (κ2) is 5.79. The van der Waals surface area contributed by atoms with Crippen LogP contribution >= 0.6 is 0 Å². The number of benzene rings is 1. The molecular formula is C13H18N2O4. The van der Waals surface area contributed by atoms with Gasteiger partial charge in [-0.25, -0.2) is 0 Å². The molecule has 2 N–H and O–H groups in total. The molecule has 1 amide bonds. The minimum atomic E-state index is -1.06. The first-order valence-corrected chi connectivity index (χ1v) is 5.99. The Morgan fingerprint density at radius 1 is 1.47 bits per heavy atom. The van der Waals surface area contributed by atoms with E-state index in [1.165, 1.54) is 18.2 Å².